The molecule has 0 bridgehead atoms. The van der Waals surface area contributed by atoms with E-state index in [4.69, 9.17) is 4.74 Å². The summed E-state index contributed by atoms with van der Waals surface area (Å²) in [5.74, 6) is 0.0362. The number of ether oxygens (including phenoxy) is 1. The molecule has 0 unspecified atom stereocenters. The molecule has 1 spiro atoms. The Kier molecular flexibility index (Phi) is 4.12. The van der Waals surface area contributed by atoms with E-state index in [0.29, 0.717) is 11.5 Å². The molecule has 2 aliphatic rings. The van der Waals surface area contributed by atoms with Crippen LogP contribution in [0.15, 0.2) is 41.3 Å². The summed E-state index contributed by atoms with van der Waals surface area (Å²) >= 11 is 0. The lowest BCUT2D eigenvalue weighted by Gasteiger charge is -2.44. The molecule has 2 heterocycles. The third kappa shape index (κ3) is 2.97. The Hall–Kier alpha value is -2.14. The van der Waals surface area contributed by atoms with Crippen LogP contribution in [0.3, 0.4) is 0 Å². The van der Waals surface area contributed by atoms with Gasteiger partial charge in [-0.1, -0.05) is 18.2 Å². The molecule has 2 fully saturated rings. The Morgan fingerprint density at radius 3 is 2.88 bits per heavy atom. The Balaban J connectivity index is 1.43. The van der Waals surface area contributed by atoms with Gasteiger partial charge in [0, 0.05) is 31.3 Å². The van der Waals surface area contributed by atoms with Crippen LogP contribution in [-0.4, -0.2) is 41.2 Å². The maximum absolute atomic E-state index is 12.7. The van der Waals surface area contributed by atoms with E-state index >= 15 is 0 Å². The Morgan fingerprint density at radius 2 is 2.08 bits per heavy atom. The van der Waals surface area contributed by atoms with Crippen LogP contribution in [0, 0.1) is 5.41 Å². The van der Waals surface area contributed by atoms with Crippen LogP contribution >= 0.6 is 0 Å². The maximum Gasteiger partial charge on any atom is 0.258 e. The van der Waals surface area contributed by atoms with Crippen LogP contribution in [-0.2, 0) is 16.1 Å². The van der Waals surface area contributed by atoms with Crippen molar-refractivity contribution in [3.05, 3.63) is 46.9 Å². The van der Waals surface area contributed by atoms with E-state index in [0.717, 1.165) is 44.3 Å². The summed E-state index contributed by atoms with van der Waals surface area (Å²) in [7, 11) is 0. The molecule has 1 amide bonds. The van der Waals surface area contributed by atoms with Gasteiger partial charge in [0.1, 0.15) is 6.54 Å². The zero-order valence-corrected chi connectivity index (χ0v) is 14.6. The summed E-state index contributed by atoms with van der Waals surface area (Å²) in [5.41, 5.74) is 0.157. The van der Waals surface area contributed by atoms with Gasteiger partial charge in [0.25, 0.3) is 5.56 Å². The van der Waals surface area contributed by atoms with Crippen molar-refractivity contribution < 1.29 is 9.53 Å². The molecule has 1 aromatic carbocycles. The molecule has 1 aliphatic heterocycles. The third-order valence-corrected chi connectivity index (χ3v) is 5.71. The molecule has 1 aliphatic carbocycles. The highest BCUT2D eigenvalue weighted by Crippen LogP contribution is 2.49. The first kappa shape index (κ1) is 16.3. The SMILES string of the molecule is CCOC1CC2(CCN(C(=O)Cn3ccc4ccccc4c3=O)C2)C1. The van der Waals surface area contributed by atoms with Crippen LogP contribution < -0.4 is 5.56 Å². The first-order valence-corrected chi connectivity index (χ1v) is 9.08. The quantitative estimate of drug-likeness (QED) is 0.859. The average Bonchev–Trinajstić information content (AvgIpc) is 3.03. The number of carbonyl (C=O) groups excluding carboxylic acids is 1. The third-order valence-electron chi connectivity index (χ3n) is 5.71. The largest absolute Gasteiger partial charge is 0.378 e. The number of rotatable bonds is 4. The van der Waals surface area contributed by atoms with Crippen LogP contribution in [0.1, 0.15) is 26.2 Å². The van der Waals surface area contributed by atoms with E-state index in [1.807, 2.05) is 42.2 Å². The van der Waals surface area contributed by atoms with Crippen molar-refractivity contribution in [2.75, 3.05) is 19.7 Å². The number of fused-ring (bicyclic) bond motifs is 1. The molecule has 25 heavy (non-hydrogen) atoms. The smallest absolute Gasteiger partial charge is 0.258 e. The van der Waals surface area contributed by atoms with E-state index < -0.39 is 0 Å². The number of benzene rings is 1. The van der Waals surface area contributed by atoms with Crippen LogP contribution in [0.2, 0.25) is 0 Å². The average molecular weight is 340 g/mol. The Labute approximate surface area is 147 Å². The second kappa shape index (κ2) is 6.30. The van der Waals surface area contributed by atoms with Crippen LogP contribution in [0.25, 0.3) is 10.8 Å². The van der Waals surface area contributed by atoms with Gasteiger partial charge in [-0.3, -0.25) is 9.59 Å². The standard InChI is InChI=1S/C20H24N2O3/c1-2-25-16-11-20(12-16)8-10-22(14-20)18(23)13-21-9-7-15-5-3-4-6-17(15)19(21)24/h3-7,9,16H,2,8,10-14H2,1H3. The first-order valence-electron chi connectivity index (χ1n) is 9.08. The number of nitrogens with zero attached hydrogens (tertiary/aromatic N) is 2. The molecule has 132 valence electrons. The van der Waals surface area contributed by atoms with Crippen LogP contribution in [0.4, 0.5) is 0 Å². The number of hydrogen-bond donors (Lipinski definition) is 0. The van der Waals surface area contributed by atoms with Gasteiger partial charge in [-0.05, 0) is 49.1 Å². The highest BCUT2D eigenvalue weighted by atomic mass is 16.5. The molecule has 5 nitrogen and oxygen atoms in total. The topological polar surface area (TPSA) is 51.5 Å². The van der Waals surface area contributed by atoms with Gasteiger partial charge in [-0.15, -0.1) is 0 Å². The second-order valence-corrected chi connectivity index (χ2v) is 7.39. The van der Waals surface area contributed by atoms with Crippen molar-refractivity contribution >= 4 is 16.7 Å². The zero-order chi connectivity index (χ0) is 17.4. The van der Waals surface area contributed by atoms with Crippen molar-refractivity contribution in [2.24, 2.45) is 5.41 Å². The lowest BCUT2D eigenvalue weighted by Crippen LogP contribution is -2.45. The minimum absolute atomic E-state index is 0.0362. The lowest BCUT2D eigenvalue weighted by molar-refractivity contribution is -0.132. The monoisotopic (exact) mass is 340 g/mol. The molecule has 0 N–H and O–H groups in total. The Morgan fingerprint density at radius 1 is 1.28 bits per heavy atom. The molecule has 1 saturated carbocycles. The second-order valence-electron chi connectivity index (χ2n) is 7.39. The molecule has 1 aromatic heterocycles. The zero-order valence-electron chi connectivity index (χ0n) is 14.6. The summed E-state index contributed by atoms with van der Waals surface area (Å²) in [6, 6.07) is 9.39. The van der Waals surface area contributed by atoms with Crippen molar-refractivity contribution in [3.8, 4) is 0 Å². The fourth-order valence-corrected chi connectivity index (χ4v) is 4.34. The number of hydrogen-bond acceptors (Lipinski definition) is 3. The molecular formula is C20H24N2O3. The normalized spacial score (nSPS) is 25.5. The molecular weight excluding hydrogens is 316 g/mol. The van der Waals surface area contributed by atoms with E-state index in [9.17, 15) is 9.59 Å². The van der Waals surface area contributed by atoms with Crippen molar-refractivity contribution in [1.82, 2.24) is 9.47 Å². The van der Waals surface area contributed by atoms with Crippen molar-refractivity contribution in [1.29, 1.82) is 0 Å². The summed E-state index contributed by atoms with van der Waals surface area (Å²) in [6.07, 6.45) is 5.25. The van der Waals surface area contributed by atoms with E-state index in [1.54, 1.807) is 6.20 Å². The van der Waals surface area contributed by atoms with Gasteiger partial charge < -0.3 is 14.2 Å². The molecule has 2 aromatic rings. The number of amides is 1. The predicted molar refractivity (Wildman–Crippen MR) is 96.5 cm³/mol. The number of carbonyl (C=O) groups is 1. The van der Waals surface area contributed by atoms with Gasteiger partial charge in [0.05, 0.1) is 6.10 Å². The number of pyridine rings is 1. The van der Waals surface area contributed by atoms with Gasteiger partial charge >= 0.3 is 0 Å². The maximum atomic E-state index is 12.7. The molecule has 0 atom stereocenters. The molecule has 0 radical (unpaired) electrons. The Bertz CT molecular complexity index is 851. The summed E-state index contributed by atoms with van der Waals surface area (Å²) in [5, 5.41) is 1.57. The van der Waals surface area contributed by atoms with Crippen molar-refractivity contribution in [3.63, 3.8) is 0 Å². The fraction of sp³-hybridized carbons (Fsp3) is 0.500. The lowest BCUT2D eigenvalue weighted by atomic mass is 9.66. The minimum atomic E-state index is -0.0968. The van der Waals surface area contributed by atoms with Gasteiger partial charge in [0.15, 0.2) is 0 Å². The minimum Gasteiger partial charge on any atom is -0.378 e. The molecule has 5 heteroatoms. The van der Waals surface area contributed by atoms with Gasteiger partial charge in [-0.25, -0.2) is 0 Å². The van der Waals surface area contributed by atoms with Gasteiger partial charge in [0.2, 0.25) is 5.91 Å². The van der Waals surface area contributed by atoms with E-state index in [2.05, 4.69) is 0 Å². The first-order chi connectivity index (χ1) is 12.1. The van der Waals surface area contributed by atoms with E-state index in [-0.39, 0.29) is 23.4 Å². The highest BCUT2D eigenvalue weighted by molar-refractivity contribution is 5.82. The van der Waals surface area contributed by atoms with Crippen LogP contribution in [0.5, 0.6) is 0 Å². The van der Waals surface area contributed by atoms with Crippen molar-refractivity contribution in [2.45, 2.75) is 38.8 Å². The predicted octanol–water partition coefficient (Wildman–Crippen LogP) is 2.42. The molecule has 4 rings (SSSR count). The fourth-order valence-electron chi connectivity index (χ4n) is 4.34. The highest BCUT2D eigenvalue weighted by Gasteiger charge is 2.49. The summed E-state index contributed by atoms with van der Waals surface area (Å²) in [6.45, 7) is 4.50. The van der Waals surface area contributed by atoms with E-state index in [1.165, 1.54) is 4.57 Å². The molecule has 1 saturated heterocycles. The van der Waals surface area contributed by atoms with Gasteiger partial charge in [-0.2, -0.15) is 0 Å². The number of aromatic nitrogens is 1. The summed E-state index contributed by atoms with van der Waals surface area (Å²) in [4.78, 5) is 27.2. The number of likely N-dealkylation sites (tertiary alicyclic amines) is 1. The summed E-state index contributed by atoms with van der Waals surface area (Å²) < 4.78 is 7.19.